The lowest BCUT2D eigenvalue weighted by Gasteiger charge is -2.11. The number of hydrogen-bond donors (Lipinski definition) is 1. The second-order valence-electron chi connectivity index (χ2n) is 5.31. The molecule has 0 unspecified atom stereocenters. The Morgan fingerprint density at radius 1 is 1.12 bits per heavy atom. The summed E-state index contributed by atoms with van der Waals surface area (Å²) in [5.74, 6) is -0.427. The van der Waals surface area contributed by atoms with E-state index in [0.717, 1.165) is 16.1 Å². The summed E-state index contributed by atoms with van der Waals surface area (Å²) in [6.07, 6.45) is -3.20. The van der Waals surface area contributed by atoms with Crippen molar-refractivity contribution in [3.63, 3.8) is 0 Å². The molecule has 0 saturated heterocycles. The third kappa shape index (κ3) is 2.91. The van der Waals surface area contributed by atoms with Gasteiger partial charge in [-0.1, -0.05) is 34.1 Å². The SMILES string of the molecule is Cc1c(Br)cc(Br)c2c1C(=Cc1ccccc1C(F)(F)F)C(=O)N2. The summed E-state index contributed by atoms with van der Waals surface area (Å²) in [7, 11) is 0. The number of hydrogen-bond acceptors (Lipinski definition) is 1. The van der Waals surface area contributed by atoms with Gasteiger partial charge in [0.25, 0.3) is 5.91 Å². The van der Waals surface area contributed by atoms with Crippen molar-refractivity contribution in [2.45, 2.75) is 13.1 Å². The molecular formula is C17H10Br2F3NO. The molecule has 2 aromatic rings. The van der Waals surface area contributed by atoms with Gasteiger partial charge in [-0.15, -0.1) is 0 Å². The average Bonchev–Trinajstić information content (AvgIpc) is 2.82. The zero-order valence-electron chi connectivity index (χ0n) is 12.3. The van der Waals surface area contributed by atoms with E-state index in [2.05, 4.69) is 37.2 Å². The molecule has 124 valence electrons. The molecule has 0 spiro atoms. The summed E-state index contributed by atoms with van der Waals surface area (Å²) >= 11 is 6.77. The Balaban J connectivity index is 2.24. The van der Waals surface area contributed by atoms with E-state index in [0.29, 0.717) is 15.7 Å². The molecule has 0 aliphatic carbocycles. The Morgan fingerprint density at radius 2 is 1.79 bits per heavy atom. The molecule has 0 atom stereocenters. The van der Waals surface area contributed by atoms with E-state index in [1.165, 1.54) is 24.3 Å². The second kappa shape index (κ2) is 6.04. The number of anilines is 1. The van der Waals surface area contributed by atoms with E-state index in [9.17, 15) is 18.0 Å². The van der Waals surface area contributed by atoms with Gasteiger partial charge in [-0.25, -0.2) is 0 Å². The number of amides is 1. The van der Waals surface area contributed by atoms with E-state index >= 15 is 0 Å². The van der Waals surface area contributed by atoms with Crippen LogP contribution in [0, 0.1) is 6.92 Å². The van der Waals surface area contributed by atoms with Crippen LogP contribution in [0.2, 0.25) is 0 Å². The molecule has 1 N–H and O–H groups in total. The van der Waals surface area contributed by atoms with Crippen LogP contribution >= 0.6 is 31.9 Å². The lowest BCUT2D eigenvalue weighted by Crippen LogP contribution is -2.08. The highest BCUT2D eigenvalue weighted by Gasteiger charge is 2.34. The molecule has 3 rings (SSSR count). The maximum Gasteiger partial charge on any atom is 0.416 e. The monoisotopic (exact) mass is 459 g/mol. The minimum Gasteiger partial charge on any atom is -0.320 e. The highest BCUT2D eigenvalue weighted by molar-refractivity contribution is 9.11. The van der Waals surface area contributed by atoms with Crippen molar-refractivity contribution >= 4 is 55.1 Å². The molecule has 0 aromatic heterocycles. The van der Waals surface area contributed by atoms with Gasteiger partial charge in [0.05, 0.1) is 11.3 Å². The molecule has 0 fully saturated rings. The Labute approximate surface area is 153 Å². The van der Waals surface area contributed by atoms with E-state index in [-0.39, 0.29) is 11.1 Å². The van der Waals surface area contributed by atoms with Crippen LogP contribution in [-0.2, 0) is 11.0 Å². The minimum absolute atomic E-state index is 0.0431. The van der Waals surface area contributed by atoms with Gasteiger partial charge in [-0.2, -0.15) is 13.2 Å². The summed E-state index contributed by atoms with van der Waals surface area (Å²) < 4.78 is 41.0. The topological polar surface area (TPSA) is 29.1 Å². The summed E-state index contributed by atoms with van der Waals surface area (Å²) in [4.78, 5) is 12.3. The molecular weight excluding hydrogens is 451 g/mol. The van der Waals surface area contributed by atoms with Gasteiger partial charge in [0.15, 0.2) is 0 Å². The quantitative estimate of drug-likeness (QED) is 0.517. The maximum absolute atomic E-state index is 13.2. The van der Waals surface area contributed by atoms with E-state index in [1.807, 2.05) is 0 Å². The molecule has 0 saturated carbocycles. The number of rotatable bonds is 1. The average molecular weight is 461 g/mol. The Hall–Kier alpha value is -1.60. The third-order valence-corrected chi connectivity index (χ3v) is 5.24. The van der Waals surface area contributed by atoms with Gasteiger partial charge >= 0.3 is 6.18 Å². The number of halogens is 5. The van der Waals surface area contributed by atoms with Crippen molar-refractivity contribution < 1.29 is 18.0 Å². The fourth-order valence-electron chi connectivity index (χ4n) is 2.65. The lowest BCUT2D eigenvalue weighted by atomic mass is 9.97. The number of carbonyl (C=O) groups excluding carboxylic acids is 1. The van der Waals surface area contributed by atoms with E-state index in [4.69, 9.17) is 0 Å². The zero-order chi connectivity index (χ0) is 17.6. The summed E-state index contributed by atoms with van der Waals surface area (Å²) in [6, 6.07) is 6.99. The lowest BCUT2D eigenvalue weighted by molar-refractivity contribution is -0.137. The van der Waals surface area contributed by atoms with E-state index < -0.39 is 17.6 Å². The molecule has 1 amide bonds. The first kappa shape index (κ1) is 17.2. The Kier molecular flexibility index (Phi) is 4.34. The molecule has 2 aromatic carbocycles. The zero-order valence-corrected chi connectivity index (χ0v) is 15.4. The molecule has 1 heterocycles. The Morgan fingerprint density at radius 3 is 2.46 bits per heavy atom. The van der Waals surface area contributed by atoms with Crippen LogP contribution in [0.25, 0.3) is 11.6 Å². The molecule has 24 heavy (non-hydrogen) atoms. The van der Waals surface area contributed by atoms with Crippen molar-refractivity contribution in [2.75, 3.05) is 5.32 Å². The number of fused-ring (bicyclic) bond motifs is 1. The first-order chi connectivity index (χ1) is 11.2. The van der Waals surface area contributed by atoms with Crippen LogP contribution in [0.5, 0.6) is 0 Å². The standard InChI is InChI=1S/C17H10Br2F3NO/c1-8-12(18)7-13(19)15-14(8)10(16(24)23-15)6-9-4-2-3-5-11(9)17(20,21)22/h2-7H,1H3,(H,23,24). The normalized spacial score (nSPS) is 15.6. The van der Waals surface area contributed by atoms with E-state index in [1.54, 1.807) is 13.0 Å². The predicted molar refractivity (Wildman–Crippen MR) is 94.5 cm³/mol. The highest BCUT2D eigenvalue weighted by Crippen LogP contribution is 2.44. The van der Waals surface area contributed by atoms with Gasteiger partial charge in [-0.05, 0) is 52.2 Å². The summed E-state index contributed by atoms with van der Waals surface area (Å²) in [5.41, 5.74) is 1.34. The highest BCUT2D eigenvalue weighted by atomic mass is 79.9. The number of carbonyl (C=O) groups is 1. The van der Waals surface area contributed by atoms with Gasteiger partial charge in [0.1, 0.15) is 0 Å². The van der Waals surface area contributed by atoms with Crippen LogP contribution < -0.4 is 5.32 Å². The molecule has 0 radical (unpaired) electrons. The van der Waals surface area contributed by atoms with Gasteiger partial charge in [-0.3, -0.25) is 4.79 Å². The van der Waals surface area contributed by atoms with Crippen LogP contribution in [0.15, 0.2) is 39.3 Å². The summed E-state index contributed by atoms with van der Waals surface area (Å²) in [6.45, 7) is 1.80. The maximum atomic E-state index is 13.2. The summed E-state index contributed by atoms with van der Waals surface area (Å²) in [5, 5.41) is 2.71. The van der Waals surface area contributed by atoms with Crippen LogP contribution in [0.4, 0.5) is 18.9 Å². The van der Waals surface area contributed by atoms with Crippen molar-refractivity contribution in [2.24, 2.45) is 0 Å². The number of alkyl halides is 3. The van der Waals surface area contributed by atoms with Crippen LogP contribution in [-0.4, -0.2) is 5.91 Å². The van der Waals surface area contributed by atoms with Crippen molar-refractivity contribution in [1.82, 2.24) is 0 Å². The van der Waals surface area contributed by atoms with Gasteiger partial charge in [0, 0.05) is 20.1 Å². The van der Waals surface area contributed by atoms with Crippen LogP contribution in [0.1, 0.15) is 22.3 Å². The van der Waals surface area contributed by atoms with Crippen molar-refractivity contribution in [3.8, 4) is 0 Å². The third-order valence-electron chi connectivity index (χ3n) is 3.79. The largest absolute Gasteiger partial charge is 0.416 e. The molecule has 0 bridgehead atoms. The fraction of sp³-hybridized carbons (Fsp3) is 0.118. The molecule has 1 aliphatic rings. The van der Waals surface area contributed by atoms with Gasteiger partial charge in [0.2, 0.25) is 0 Å². The van der Waals surface area contributed by atoms with Crippen molar-refractivity contribution in [3.05, 3.63) is 61.5 Å². The molecule has 7 heteroatoms. The minimum atomic E-state index is -4.49. The first-order valence-corrected chi connectivity index (χ1v) is 8.47. The second-order valence-corrected chi connectivity index (χ2v) is 7.02. The number of benzene rings is 2. The number of nitrogens with one attached hydrogen (secondary N) is 1. The van der Waals surface area contributed by atoms with Crippen molar-refractivity contribution in [1.29, 1.82) is 0 Å². The molecule has 2 nitrogen and oxygen atoms in total. The Bertz CT molecular complexity index is 888. The molecule has 1 aliphatic heterocycles. The van der Waals surface area contributed by atoms with Gasteiger partial charge < -0.3 is 5.32 Å². The fourth-order valence-corrected chi connectivity index (χ4v) is 3.91. The van der Waals surface area contributed by atoms with Crippen LogP contribution in [0.3, 0.4) is 0 Å². The predicted octanol–water partition coefficient (Wildman–Crippen LogP) is 6.03. The smallest absolute Gasteiger partial charge is 0.320 e. The first-order valence-electron chi connectivity index (χ1n) is 6.88.